The largest absolute Gasteiger partial charge is 0.496 e. The first-order chi connectivity index (χ1) is 10.2. The molecule has 1 aliphatic carbocycles. The molecule has 0 radical (unpaired) electrons. The third-order valence-corrected chi connectivity index (χ3v) is 3.51. The van der Waals surface area contributed by atoms with Crippen molar-refractivity contribution in [2.24, 2.45) is 0 Å². The van der Waals surface area contributed by atoms with Gasteiger partial charge in [-0.2, -0.15) is 0 Å². The van der Waals surface area contributed by atoms with Crippen LogP contribution in [-0.4, -0.2) is 19.2 Å². The first-order valence-electron chi connectivity index (χ1n) is 6.80. The van der Waals surface area contributed by atoms with Gasteiger partial charge in [0, 0.05) is 11.1 Å². The van der Waals surface area contributed by atoms with Crippen molar-refractivity contribution in [1.82, 2.24) is 4.98 Å². The zero-order chi connectivity index (χ0) is 14.8. The van der Waals surface area contributed by atoms with E-state index >= 15 is 0 Å². The van der Waals surface area contributed by atoms with Gasteiger partial charge in [-0.05, 0) is 31.6 Å². The molecule has 4 nitrogen and oxygen atoms in total. The van der Waals surface area contributed by atoms with E-state index in [1.807, 2.05) is 37.3 Å². The lowest BCUT2D eigenvalue weighted by atomic mass is 10.1. The molecule has 108 valence electrons. The summed E-state index contributed by atoms with van der Waals surface area (Å²) in [6, 6.07) is 3.83. The van der Waals surface area contributed by atoms with Crippen molar-refractivity contribution < 1.29 is 13.9 Å². The number of methoxy groups -OCH3 is 2. The van der Waals surface area contributed by atoms with Gasteiger partial charge in [-0.25, -0.2) is 4.98 Å². The Morgan fingerprint density at radius 2 is 1.86 bits per heavy atom. The van der Waals surface area contributed by atoms with Crippen molar-refractivity contribution in [3.8, 4) is 23.0 Å². The van der Waals surface area contributed by atoms with E-state index in [0.29, 0.717) is 5.89 Å². The van der Waals surface area contributed by atoms with E-state index in [4.69, 9.17) is 13.9 Å². The number of hydrogen-bond acceptors (Lipinski definition) is 4. The zero-order valence-electron chi connectivity index (χ0n) is 12.3. The fourth-order valence-electron chi connectivity index (χ4n) is 2.36. The topological polar surface area (TPSA) is 44.5 Å². The van der Waals surface area contributed by atoms with E-state index in [2.05, 4.69) is 11.1 Å². The highest BCUT2D eigenvalue weighted by atomic mass is 16.5. The molecule has 0 aliphatic heterocycles. The van der Waals surface area contributed by atoms with Crippen molar-refractivity contribution in [2.75, 3.05) is 14.2 Å². The lowest BCUT2D eigenvalue weighted by Crippen LogP contribution is -2.20. The fourth-order valence-corrected chi connectivity index (χ4v) is 2.36. The molecule has 0 spiro atoms. The van der Waals surface area contributed by atoms with Crippen LogP contribution in [0.25, 0.3) is 23.6 Å². The van der Waals surface area contributed by atoms with Gasteiger partial charge in [-0.3, -0.25) is 0 Å². The van der Waals surface area contributed by atoms with E-state index in [0.717, 1.165) is 39.8 Å². The quantitative estimate of drug-likeness (QED) is 0.866. The second-order valence-corrected chi connectivity index (χ2v) is 4.81. The molecule has 0 saturated carbocycles. The molecule has 1 aliphatic rings. The highest BCUT2D eigenvalue weighted by Crippen LogP contribution is 2.33. The van der Waals surface area contributed by atoms with Crippen LogP contribution >= 0.6 is 0 Å². The number of benzene rings is 1. The lowest BCUT2D eigenvalue weighted by Gasteiger charge is -2.11. The summed E-state index contributed by atoms with van der Waals surface area (Å²) in [5, 5.41) is 0.869. The standard InChI is InChI=1S/C17H17NO3/c1-11-15(19-2)9-12(10-16(11)20-3)17-18-13-7-5-4-6-8-14(13)21-17/h4,6-10H,5H2,1-3H3. The molecule has 4 heteroatoms. The summed E-state index contributed by atoms with van der Waals surface area (Å²) in [5.74, 6) is 2.08. The predicted molar refractivity (Wildman–Crippen MR) is 81.7 cm³/mol. The molecule has 1 aromatic carbocycles. The molecule has 1 heterocycles. The molecule has 3 rings (SSSR count). The van der Waals surface area contributed by atoms with Crippen LogP contribution in [0.3, 0.4) is 0 Å². The summed E-state index contributed by atoms with van der Waals surface area (Å²) in [7, 11) is 3.28. The third kappa shape index (κ3) is 2.44. The monoisotopic (exact) mass is 283 g/mol. The Hall–Kier alpha value is -2.49. The number of allylic oxidation sites excluding steroid dienone is 2. The molecule has 21 heavy (non-hydrogen) atoms. The maximum Gasteiger partial charge on any atom is 0.227 e. The minimum absolute atomic E-state index is 0.569. The van der Waals surface area contributed by atoms with Gasteiger partial charge in [0.25, 0.3) is 0 Å². The third-order valence-electron chi connectivity index (χ3n) is 3.51. The smallest absolute Gasteiger partial charge is 0.227 e. The van der Waals surface area contributed by atoms with Crippen molar-refractivity contribution >= 4 is 12.2 Å². The van der Waals surface area contributed by atoms with Gasteiger partial charge < -0.3 is 13.9 Å². The first kappa shape index (κ1) is 13.5. The number of nitrogens with zero attached hydrogens (tertiary/aromatic N) is 1. The number of ether oxygens (including phenoxy) is 2. The molecular weight excluding hydrogens is 266 g/mol. The van der Waals surface area contributed by atoms with Crippen LogP contribution in [0.2, 0.25) is 0 Å². The minimum atomic E-state index is 0.569. The van der Waals surface area contributed by atoms with Crippen LogP contribution in [0.15, 0.2) is 28.7 Å². The molecule has 0 fully saturated rings. The Morgan fingerprint density at radius 3 is 2.52 bits per heavy atom. The maximum atomic E-state index is 5.85. The van der Waals surface area contributed by atoms with E-state index in [9.17, 15) is 0 Å². The molecule has 0 amide bonds. The normalized spacial score (nSPS) is 12.9. The van der Waals surface area contributed by atoms with Gasteiger partial charge in [-0.1, -0.05) is 18.2 Å². The average Bonchev–Trinajstić information content (AvgIpc) is 2.78. The average molecular weight is 283 g/mol. The number of hydrogen-bond donors (Lipinski definition) is 0. The van der Waals surface area contributed by atoms with Gasteiger partial charge in [0.05, 0.1) is 14.2 Å². The van der Waals surface area contributed by atoms with Crippen LogP contribution in [0.1, 0.15) is 12.0 Å². The Balaban J connectivity index is 2.18. The molecular formula is C17H17NO3. The van der Waals surface area contributed by atoms with E-state index in [1.165, 1.54) is 0 Å². The van der Waals surface area contributed by atoms with Crippen LogP contribution in [0, 0.1) is 6.92 Å². The van der Waals surface area contributed by atoms with E-state index in [-0.39, 0.29) is 0 Å². The second-order valence-electron chi connectivity index (χ2n) is 4.81. The highest BCUT2D eigenvalue weighted by molar-refractivity contribution is 5.63. The first-order valence-corrected chi connectivity index (χ1v) is 6.80. The number of oxazole rings is 1. The van der Waals surface area contributed by atoms with Crippen molar-refractivity contribution in [3.05, 3.63) is 40.6 Å². The summed E-state index contributed by atoms with van der Waals surface area (Å²) in [6.45, 7) is 1.96. The van der Waals surface area contributed by atoms with Crippen molar-refractivity contribution in [3.63, 3.8) is 0 Å². The van der Waals surface area contributed by atoms with Crippen molar-refractivity contribution in [2.45, 2.75) is 13.3 Å². The van der Waals surface area contributed by atoms with Gasteiger partial charge in [-0.15, -0.1) is 0 Å². The number of fused-ring (bicyclic) bond motifs is 1. The molecule has 1 aromatic heterocycles. The summed E-state index contributed by atoms with van der Waals surface area (Å²) in [5.41, 5.74) is 2.57. The van der Waals surface area contributed by atoms with Crippen LogP contribution in [0.5, 0.6) is 11.5 Å². The Labute approximate surface area is 123 Å². The molecule has 0 N–H and O–H groups in total. The highest BCUT2D eigenvalue weighted by Gasteiger charge is 2.13. The van der Waals surface area contributed by atoms with Crippen LogP contribution in [0.4, 0.5) is 0 Å². The Morgan fingerprint density at radius 1 is 1.14 bits per heavy atom. The van der Waals surface area contributed by atoms with Crippen LogP contribution in [-0.2, 0) is 0 Å². The summed E-state index contributed by atoms with van der Waals surface area (Å²) >= 11 is 0. The Bertz CT molecular complexity index is 790. The van der Waals surface area contributed by atoms with Crippen LogP contribution < -0.4 is 20.2 Å². The molecule has 2 aromatic rings. The van der Waals surface area contributed by atoms with Gasteiger partial charge in [0.15, 0.2) is 5.42 Å². The molecule has 0 atom stereocenters. The minimum Gasteiger partial charge on any atom is -0.496 e. The number of rotatable bonds is 3. The summed E-state index contributed by atoms with van der Waals surface area (Å²) in [6.07, 6.45) is 8.88. The maximum absolute atomic E-state index is 5.85. The molecule has 0 saturated heterocycles. The Kier molecular flexibility index (Phi) is 3.52. The fraction of sp³-hybridized carbons (Fsp3) is 0.235. The van der Waals surface area contributed by atoms with E-state index in [1.54, 1.807) is 14.2 Å². The number of aromatic nitrogens is 1. The zero-order valence-corrected chi connectivity index (χ0v) is 12.3. The van der Waals surface area contributed by atoms with Gasteiger partial charge >= 0.3 is 0 Å². The van der Waals surface area contributed by atoms with Crippen molar-refractivity contribution in [1.29, 1.82) is 0 Å². The summed E-state index contributed by atoms with van der Waals surface area (Å²) < 4.78 is 16.6. The molecule has 0 bridgehead atoms. The van der Waals surface area contributed by atoms with Gasteiger partial charge in [0.1, 0.15) is 16.8 Å². The molecule has 0 unspecified atom stereocenters. The summed E-state index contributed by atoms with van der Waals surface area (Å²) in [4.78, 5) is 4.56. The SMILES string of the molecule is COc1cc(-c2nc3c(o2)=CC=CCC=3)cc(OC)c1C. The predicted octanol–water partition coefficient (Wildman–Crippen LogP) is 2.19. The second kappa shape index (κ2) is 5.48. The lowest BCUT2D eigenvalue weighted by molar-refractivity contribution is 0.388. The van der Waals surface area contributed by atoms with E-state index < -0.39 is 0 Å². The van der Waals surface area contributed by atoms with Gasteiger partial charge in [0.2, 0.25) is 5.89 Å².